The van der Waals surface area contributed by atoms with E-state index in [-0.39, 0.29) is 5.91 Å². The molecule has 2 aliphatic rings. The summed E-state index contributed by atoms with van der Waals surface area (Å²) in [5.41, 5.74) is 8.03. The minimum Gasteiger partial charge on any atom is -0.474 e. The molecule has 0 spiro atoms. The van der Waals surface area contributed by atoms with Crippen LogP contribution in [0.1, 0.15) is 17.0 Å². The van der Waals surface area contributed by atoms with Crippen molar-refractivity contribution >= 4 is 40.0 Å². The van der Waals surface area contributed by atoms with E-state index in [1.807, 2.05) is 48.7 Å². The van der Waals surface area contributed by atoms with Crippen LogP contribution in [0.5, 0.6) is 5.88 Å². The van der Waals surface area contributed by atoms with E-state index < -0.39 is 0 Å². The number of fused-ring (bicyclic) bond motifs is 3. The van der Waals surface area contributed by atoms with E-state index >= 15 is 0 Å². The number of para-hydroxylation sites is 2. The number of imidazole rings is 1. The molecule has 2 aromatic heterocycles. The van der Waals surface area contributed by atoms with Gasteiger partial charge in [-0.2, -0.15) is 0 Å². The number of hydrogen-bond donors (Lipinski definition) is 3. The number of H-pyrrole nitrogens is 1. The van der Waals surface area contributed by atoms with Gasteiger partial charge in [0.15, 0.2) is 0 Å². The maximum Gasteiger partial charge on any atom is 0.256 e. The van der Waals surface area contributed by atoms with Crippen molar-refractivity contribution in [2.24, 2.45) is 0 Å². The normalized spacial score (nSPS) is 15.9. The lowest BCUT2D eigenvalue weighted by atomic mass is 9.97. The van der Waals surface area contributed by atoms with Crippen LogP contribution in [0, 0.1) is 6.92 Å². The molecule has 7 nitrogen and oxygen atoms in total. The molecule has 0 unspecified atom stereocenters. The van der Waals surface area contributed by atoms with Gasteiger partial charge in [0.2, 0.25) is 5.88 Å². The molecule has 4 heterocycles. The fourth-order valence-corrected chi connectivity index (χ4v) is 4.19. The van der Waals surface area contributed by atoms with Crippen LogP contribution in [0.4, 0.5) is 11.4 Å². The molecule has 7 heteroatoms. The third-order valence-electron chi connectivity index (χ3n) is 5.75. The largest absolute Gasteiger partial charge is 0.474 e. The summed E-state index contributed by atoms with van der Waals surface area (Å²) in [4.78, 5) is 25.0. The van der Waals surface area contributed by atoms with Gasteiger partial charge >= 0.3 is 0 Å². The van der Waals surface area contributed by atoms with E-state index in [0.29, 0.717) is 23.9 Å². The third kappa shape index (κ3) is 2.85. The number of anilines is 2. The minimum absolute atomic E-state index is 0.136. The molecular weight excluding hydrogens is 390 g/mol. The molecule has 4 aromatic rings. The topological polar surface area (TPSA) is 91.9 Å². The van der Waals surface area contributed by atoms with Crippen LogP contribution >= 0.6 is 0 Å². The Morgan fingerprint density at radius 1 is 1.13 bits per heavy atom. The number of nitrogens with one attached hydrogen (secondary N) is 3. The number of pyridine rings is 1. The first-order valence-corrected chi connectivity index (χ1v) is 10.2. The van der Waals surface area contributed by atoms with Crippen molar-refractivity contribution in [2.75, 3.05) is 23.8 Å². The predicted octanol–water partition coefficient (Wildman–Crippen LogP) is 4.23. The SMILES string of the molecule is Cc1c(-c2ccc3c(c2)C(=Cc2nc4ccccc4[nH]2)C(=O)N3)cnc2c1NCCO2. The molecule has 6 rings (SSSR count). The second kappa shape index (κ2) is 6.70. The summed E-state index contributed by atoms with van der Waals surface area (Å²) in [6.07, 6.45) is 3.63. The molecule has 0 saturated heterocycles. The van der Waals surface area contributed by atoms with Crippen molar-refractivity contribution in [2.45, 2.75) is 6.92 Å². The summed E-state index contributed by atoms with van der Waals surface area (Å²) in [5, 5.41) is 6.32. The Morgan fingerprint density at radius 2 is 2.03 bits per heavy atom. The molecule has 0 aliphatic carbocycles. The van der Waals surface area contributed by atoms with Crippen molar-refractivity contribution in [3.8, 4) is 17.0 Å². The van der Waals surface area contributed by atoms with Crippen molar-refractivity contribution in [1.29, 1.82) is 0 Å². The molecule has 31 heavy (non-hydrogen) atoms. The average molecular weight is 409 g/mol. The van der Waals surface area contributed by atoms with Gasteiger partial charge in [-0.1, -0.05) is 18.2 Å². The number of aromatic amines is 1. The highest BCUT2D eigenvalue weighted by molar-refractivity contribution is 6.35. The van der Waals surface area contributed by atoms with Crippen molar-refractivity contribution in [3.05, 3.63) is 65.6 Å². The van der Waals surface area contributed by atoms with Crippen LogP contribution in [0.3, 0.4) is 0 Å². The molecule has 0 radical (unpaired) electrons. The highest BCUT2D eigenvalue weighted by atomic mass is 16.5. The molecule has 2 aliphatic heterocycles. The maximum absolute atomic E-state index is 12.7. The lowest BCUT2D eigenvalue weighted by molar-refractivity contribution is -0.110. The molecule has 2 aromatic carbocycles. The van der Waals surface area contributed by atoms with Gasteiger partial charge in [-0.05, 0) is 48.4 Å². The number of nitrogens with zero attached hydrogens (tertiary/aromatic N) is 2. The van der Waals surface area contributed by atoms with Crippen LogP contribution in [-0.2, 0) is 4.79 Å². The molecule has 152 valence electrons. The number of benzene rings is 2. The zero-order valence-corrected chi connectivity index (χ0v) is 16.8. The summed E-state index contributed by atoms with van der Waals surface area (Å²) in [6.45, 7) is 3.42. The quantitative estimate of drug-likeness (QED) is 0.431. The second-order valence-electron chi connectivity index (χ2n) is 7.66. The van der Waals surface area contributed by atoms with E-state index in [4.69, 9.17) is 4.74 Å². The minimum atomic E-state index is -0.136. The smallest absolute Gasteiger partial charge is 0.256 e. The number of carbonyl (C=O) groups excluding carboxylic acids is 1. The van der Waals surface area contributed by atoms with E-state index in [0.717, 1.165) is 51.2 Å². The van der Waals surface area contributed by atoms with Gasteiger partial charge in [-0.3, -0.25) is 4.79 Å². The highest BCUT2D eigenvalue weighted by Gasteiger charge is 2.26. The van der Waals surface area contributed by atoms with Crippen molar-refractivity contribution < 1.29 is 9.53 Å². The molecule has 0 saturated carbocycles. The fourth-order valence-electron chi connectivity index (χ4n) is 4.19. The van der Waals surface area contributed by atoms with Gasteiger partial charge in [0.1, 0.15) is 18.1 Å². The zero-order valence-electron chi connectivity index (χ0n) is 16.8. The van der Waals surface area contributed by atoms with Crippen molar-refractivity contribution in [3.63, 3.8) is 0 Å². The Kier molecular flexibility index (Phi) is 3.83. The van der Waals surface area contributed by atoms with Crippen LogP contribution < -0.4 is 15.4 Å². The van der Waals surface area contributed by atoms with E-state index in [9.17, 15) is 4.79 Å². The van der Waals surface area contributed by atoms with Crippen LogP contribution in [0.2, 0.25) is 0 Å². The van der Waals surface area contributed by atoms with Gasteiger partial charge in [-0.15, -0.1) is 0 Å². The van der Waals surface area contributed by atoms with Gasteiger partial charge in [-0.25, -0.2) is 9.97 Å². The van der Waals surface area contributed by atoms with Gasteiger partial charge in [0.05, 0.1) is 16.6 Å². The first kappa shape index (κ1) is 17.7. The Morgan fingerprint density at radius 3 is 2.94 bits per heavy atom. The van der Waals surface area contributed by atoms with E-state index in [1.54, 1.807) is 6.08 Å². The Balaban J connectivity index is 1.45. The number of aromatic nitrogens is 3. The number of hydrogen-bond acceptors (Lipinski definition) is 5. The van der Waals surface area contributed by atoms with Crippen LogP contribution in [0.15, 0.2) is 48.7 Å². The number of ether oxygens (including phenoxy) is 1. The monoisotopic (exact) mass is 409 g/mol. The Bertz CT molecular complexity index is 1370. The first-order chi connectivity index (χ1) is 15.2. The Hall–Kier alpha value is -4.13. The molecule has 1 amide bonds. The molecular formula is C24H19N5O2. The second-order valence-corrected chi connectivity index (χ2v) is 7.66. The van der Waals surface area contributed by atoms with Crippen LogP contribution in [-0.4, -0.2) is 34.0 Å². The summed E-state index contributed by atoms with van der Waals surface area (Å²) in [6, 6.07) is 13.8. The predicted molar refractivity (Wildman–Crippen MR) is 121 cm³/mol. The Labute approximate surface area is 178 Å². The molecule has 0 atom stereocenters. The fraction of sp³-hybridized carbons (Fsp3) is 0.125. The molecule has 0 bridgehead atoms. The average Bonchev–Trinajstić information content (AvgIpc) is 3.34. The number of carbonyl (C=O) groups is 1. The lowest BCUT2D eigenvalue weighted by Gasteiger charge is -2.21. The highest BCUT2D eigenvalue weighted by Crippen LogP contribution is 2.39. The first-order valence-electron chi connectivity index (χ1n) is 10.2. The third-order valence-corrected chi connectivity index (χ3v) is 5.75. The van der Waals surface area contributed by atoms with Gasteiger partial charge in [0, 0.05) is 29.6 Å². The van der Waals surface area contributed by atoms with E-state index in [2.05, 4.69) is 32.5 Å². The molecule has 3 N–H and O–H groups in total. The van der Waals surface area contributed by atoms with Gasteiger partial charge in [0.25, 0.3) is 5.91 Å². The summed E-state index contributed by atoms with van der Waals surface area (Å²) >= 11 is 0. The zero-order chi connectivity index (χ0) is 20.9. The summed E-state index contributed by atoms with van der Waals surface area (Å²) in [7, 11) is 0. The van der Waals surface area contributed by atoms with E-state index in [1.165, 1.54) is 0 Å². The summed E-state index contributed by atoms with van der Waals surface area (Å²) in [5.74, 6) is 1.15. The summed E-state index contributed by atoms with van der Waals surface area (Å²) < 4.78 is 5.64. The maximum atomic E-state index is 12.7. The lowest BCUT2D eigenvalue weighted by Crippen LogP contribution is -2.20. The van der Waals surface area contributed by atoms with Crippen LogP contribution in [0.25, 0.3) is 33.8 Å². The van der Waals surface area contributed by atoms with Crippen molar-refractivity contribution in [1.82, 2.24) is 15.0 Å². The number of amides is 1. The molecule has 0 fully saturated rings. The standard InChI is InChI=1S/C24H19N5O2/c1-13-17(12-26-24-22(13)25-8-9-31-24)14-6-7-18-15(10-14)16(23(30)29-18)11-21-27-19-4-2-3-5-20(19)28-21/h2-7,10-12,25H,8-9H2,1H3,(H,27,28)(H,29,30). The number of rotatable bonds is 2. The van der Waals surface area contributed by atoms with Gasteiger partial charge < -0.3 is 20.4 Å².